The van der Waals surface area contributed by atoms with Crippen LogP contribution in [0.15, 0.2) is 9.52 Å². The molecule has 1 amide bonds. The van der Waals surface area contributed by atoms with Gasteiger partial charge in [0.05, 0.1) is 5.69 Å². The maximum atomic E-state index is 11.2. The van der Waals surface area contributed by atoms with Gasteiger partial charge in [0.2, 0.25) is 5.91 Å². The minimum atomic E-state index is -0.220. The molecule has 0 saturated carbocycles. The summed E-state index contributed by atoms with van der Waals surface area (Å²) in [6, 6.07) is 0. The van der Waals surface area contributed by atoms with E-state index in [1.807, 2.05) is 13.8 Å². The first-order chi connectivity index (χ1) is 11.5. The minimum absolute atomic E-state index is 0. The van der Waals surface area contributed by atoms with Gasteiger partial charge in [-0.05, 0) is 46.0 Å². The summed E-state index contributed by atoms with van der Waals surface area (Å²) in [4.78, 5) is 18.2. The number of hydrogen-bond acceptors (Lipinski definition) is 4. The first kappa shape index (κ1) is 21.7. The molecule has 0 aromatic carbocycles. The number of carbonyl (C=O) groups is 1. The Morgan fingerprint density at radius 1 is 1.48 bits per heavy atom. The number of piperidine rings is 1. The largest absolute Gasteiger partial charge is 0.370 e. The second-order valence-electron chi connectivity index (χ2n) is 6.41. The molecule has 3 N–H and O–H groups in total. The predicted molar refractivity (Wildman–Crippen MR) is 109 cm³/mol. The van der Waals surface area contributed by atoms with Crippen molar-refractivity contribution in [3.63, 3.8) is 0 Å². The Labute approximate surface area is 166 Å². The highest BCUT2D eigenvalue weighted by Crippen LogP contribution is 2.19. The van der Waals surface area contributed by atoms with Crippen molar-refractivity contribution in [2.45, 2.75) is 46.5 Å². The van der Waals surface area contributed by atoms with E-state index in [1.54, 1.807) is 0 Å². The molecular weight excluding hydrogens is 433 g/mol. The Hall–Kier alpha value is -1.32. The summed E-state index contributed by atoms with van der Waals surface area (Å²) < 4.78 is 5.20. The molecule has 1 aliphatic rings. The van der Waals surface area contributed by atoms with Crippen molar-refractivity contribution in [2.24, 2.45) is 16.6 Å². The number of amides is 1. The third-order valence-corrected chi connectivity index (χ3v) is 4.45. The standard InChI is InChI=1S/C17H29N5O2.HI/c1-4-19-17(20-8-7-15-12(2)21-24-13(15)3)22-9-5-6-14(11-22)10-16(18)23;/h14H,4-11H2,1-3H3,(H2,18,23)(H,19,20);1H. The minimum Gasteiger partial charge on any atom is -0.370 e. The molecule has 1 unspecified atom stereocenters. The van der Waals surface area contributed by atoms with Crippen molar-refractivity contribution >= 4 is 35.8 Å². The number of primary amides is 1. The van der Waals surface area contributed by atoms with Gasteiger partial charge in [-0.2, -0.15) is 0 Å². The molecule has 142 valence electrons. The van der Waals surface area contributed by atoms with E-state index in [0.717, 1.165) is 61.9 Å². The number of nitrogens with one attached hydrogen (secondary N) is 1. The van der Waals surface area contributed by atoms with E-state index in [-0.39, 0.29) is 29.9 Å². The molecule has 7 nitrogen and oxygen atoms in total. The number of rotatable bonds is 6. The highest BCUT2D eigenvalue weighted by atomic mass is 127. The molecule has 1 atom stereocenters. The smallest absolute Gasteiger partial charge is 0.217 e. The molecule has 2 heterocycles. The fourth-order valence-corrected chi connectivity index (χ4v) is 3.27. The van der Waals surface area contributed by atoms with Crippen LogP contribution in [0.4, 0.5) is 0 Å². The van der Waals surface area contributed by atoms with Crippen LogP contribution in [0, 0.1) is 19.8 Å². The van der Waals surface area contributed by atoms with E-state index in [9.17, 15) is 4.79 Å². The zero-order valence-corrected chi connectivity index (χ0v) is 17.7. The average molecular weight is 463 g/mol. The van der Waals surface area contributed by atoms with Gasteiger partial charge >= 0.3 is 0 Å². The summed E-state index contributed by atoms with van der Waals surface area (Å²) in [7, 11) is 0. The fourth-order valence-electron chi connectivity index (χ4n) is 3.27. The summed E-state index contributed by atoms with van der Waals surface area (Å²) in [6.45, 7) is 9.26. The molecule has 1 aromatic heterocycles. The second-order valence-corrected chi connectivity index (χ2v) is 6.41. The summed E-state index contributed by atoms with van der Waals surface area (Å²) in [5.74, 6) is 1.88. The molecule has 8 heteroatoms. The molecule has 1 fully saturated rings. The van der Waals surface area contributed by atoms with Crippen LogP contribution in [-0.4, -0.2) is 48.1 Å². The van der Waals surface area contributed by atoms with Gasteiger partial charge in [0.15, 0.2) is 5.96 Å². The van der Waals surface area contributed by atoms with Gasteiger partial charge in [-0.1, -0.05) is 5.16 Å². The molecule has 2 rings (SSSR count). The molecule has 0 bridgehead atoms. The predicted octanol–water partition coefficient (Wildman–Crippen LogP) is 2.00. The van der Waals surface area contributed by atoms with Gasteiger partial charge in [-0.15, -0.1) is 24.0 Å². The number of aryl methyl sites for hydroxylation is 2. The average Bonchev–Trinajstić information content (AvgIpc) is 2.85. The first-order valence-electron chi connectivity index (χ1n) is 8.74. The van der Waals surface area contributed by atoms with Crippen LogP contribution < -0.4 is 11.1 Å². The number of hydrogen-bond donors (Lipinski definition) is 2. The Morgan fingerprint density at radius 2 is 2.24 bits per heavy atom. The first-order valence-corrected chi connectivity index (χ1v) is 8.74. The topological polar surface area (TPSA) is 96.8 Å². The lowest BCUT2D eigenvalue weighted by molar-refractivity contribution is -0.119. The van der Waals surface area contributed by atoms with Crippen LogP contribution in [0.3, 0.4) is 0 Å². The van der Waals surface area contributed by atoms with Crippen molar-refractivity contribution in [3.05, 3.63) is 17.0 Å². The Morgan fingerprint density at radius 3 is 2.84 bits per heavy atom. The van der Waals surface area contributed by atoms with Crippen molar-refractivity contribution in [3.8, 4) is 0 Å². The molecular formula is C17H30IN5O2. The summed E-state index contributed by atoms with van der Waals surface area (Å²) in [5, 5.41) is 7.34. The quantitative estimate of drug-likeness (QED) is 0.382. The molecule has 1 saturated heterocycles. The summed E-state index contributed by atoms with van der Waals surface area (Å²) in [6.07, 6.45) is 3.38. The zero-order valence-electron chi connectivity index (χ0n) is 15.4. The van der Waals surface area contributed by atoms with Crippen LogP contribution in [0.1, 0.15) is 43.2 Å². The third kappa shape index (κ3) is 6.48. The van der Waals surface area contributed by atoms with Gasteiger partial charge in [0.1, 0.15) is 5.76 Å². The Kier molecular flexibility index (Phi) is 9.23. The number of likely N-dealkylation sites (tertiary alicyclic amines) is 1. The fraction of sp³-hybridized carbons (Fsp3) is 0.706. The second kappa shape index (κ2) is 10.6. The van der Waals surface area contributed by atoms with Crippen molar-refractivity contribution in [1.82, 2.24) is 15.4 Å². The molecule has 1 aromatic rings. The monoisotopic (exact) mass is 463 g/mol. The Balaban J connectivity index is 0.00000312. The molecule has 0 radical (unpaired) electrons. The Bertz CT molecular complexity index is 568. The highest BCUT2D eigenvalue weighted by molar-refractivity contribution is 14.0. The van der Waals surface area contributed by atoms with Gasteiger partial charge in [0, 0.05) is 38.2 Å². The highest BCUT2D eigenvalue weighted by Gasteiger charge is 2.23. The van der Waals surface area contributed by atoms with Crippen LogP contribution in [0.5, 0.6) is 0 Å². The number of nitrogens with two attached hydrogens (primary N) is 1. The van der Waals surface area contributed by atoms with E-state index in [0.29, 0.717) is 18.9 Å². The molecule has 25 heavy (non-hydrogen) atoms. The summed E-state index contributed by atoms with van der Waals surface area (Å²) >= 11 is 0. The van der Waals surface area contributed by atoms with Crippen molar-refractivity contribution in [2.75, 3.05) is 26.2 Å². The van der Waals surface area contributed by atoms with E-state index in [4.69, 9.17) is 15.2 Å². The maximum Gasteiger partial charge on any atom is 0.217 e. The number of aliphatic imine (C=N–C) groups is 1. The maximum absolute atomic E-state index is 11.2. The van der Waals surface area contributed by atoms with Crippen LogP contribution in [0.2, 0.25) is 0 Å². The van der Waals surface area contributed by atoms with Crippen molar-refractivity contribution < 1.29 is 9.32 Å². The van der Waals surface area contributed by atoms with Gasteiger partial charge < -0.3 is 20.5 Å². The molecule has 1 aliphatic heterocycles. The van der Waals surface area contributed by atoms with E-state index < -0.39 is 0 Å². The lowest BCUT2D eigenvalue weighted by atomic mass is 9.95. The molecule has 0 aliphatic carbocycles. The van der Waals surface area contributed by atoms with Gasteiger partial charge in [-0.25, -0.2) is 0 Å². The summed E-state index contributed by atoms with van der Waals surface area (Å²) in [5.41, 5.74) is 7.42. The van der Waals surface area contributed by atoms with Gasteiger partial charge in [-0.3, -0.25) is 9.79 Å². The number of guanidine groups is 1. The number of halogens is 1. The van der Waals surface area contributed by atoms with Gasteiger partial charge in [0.25, 0.3) is 0 Å². The van der Waals surface area contributed by atoms with Crippen molar-refractivity contribution in [1.29, 1.82) is 0 Å². The van der Waals surface area contributed by atoms with E-state index in [1.165, 1.54) is 0 Å². The number of carbonyl (C=O) groups excluding carboxylic acids is 1. The van der Waals surface area contributed by atoms with E-state index in [2.05, 4.69) is 22.3 Å². The van der Waals surface area contributed by atoms with Crippen LogP contribution >= 0.6 is 24.0 Å². The van der Waals surface area contributed by atoms with Crippen LogP contribution in [-0.2, 0) is 11.2 Å². The normalized spacial score (nSPS) is 18.0. The third-order valence-electron chi connectivity index (χ3n) is 4.45. The lowest BCUT2D eigenvalue weighted by Gasteiger charge is -2.34. The number of nitrogens with zero attached hydrogens (tertiary/aromatic N) is 3. The lowest BCUT2D eigenvalue weighted by Crippen LogP contribution is -2.47. The molecule has 0 spiro atoms. The van der Waals surface area contributed by atoms with E-state index >= 15 is 0 Å². The van der Waals surface area contributed by atoms with Crippen LogP contribution in [0.25, 0.3) is 0 Å². The number of aromatic nitrogens is 1. The zero-order chi connectivity index (χ0) is 17.5. The SMILES string of the molecule is CCNC(=NCCc1c(C)noc1C)N1CCCC(CC(N)=O)C1.I.